The van der Waals surface area contributed by atoms with Crippen molar-refractivity contribution in [2.24, 2.45) is 0 Å². The molecule has 1 N–H and O–H groups in total. The van der Waals surface area contributed by atoms with Crippen molar-refractivity contribution < 1.29 is 13.0 Å². The molecule has 74 valence electrons. The molecule has 1 unspecified atom stereocenters. The zero-order valence-corrected chi connectivity index (χ0v) is 9.49. The summed E-state index contributed by atoms with van der Waals surface area (Å²) in [5, 5.41) is -0.0491. The Kier molecular flexibility index (Phi) is 5.59. The molecule has 0 aromatic rings. The highest BCUT2D eigenvalue weighted by Crippen LogP contribution is 2.13. The molecular formula is C5H13NO3S3. The summed E-state index contributed by atoms with van der Waals surface area (Å²) >= 11 is 4.14. The van der Waals surface area contributed by atoms with Crippen LogP contribution in [0.3, 0.4) is 0 Å². The van der Waals surface area contributed by atoms with Crippen LogP contribution in [0.1, 0.15) is 0 Å². The maximum Gasteiger partial charge on any atom is 0.319 e. The Bertz CT molecular complexity index is 214. The zero-order valence-electron chi connectivity index (χ0n) is 6.97. The summed E-state index contributed by atoms with van der Waals surface area (Å²) in [6.07, 6.45) is 0. The molecule has 1 atom stereocenters. The van der Waals surface area contributed by atoms with Gasteiger partial charge in [-0.2, -0.15) is 21.0 Å². The lowest BCUT2D eigenvalue weighted by Crippen LogP contribution is -2.24. The normalized spacial score (nSPS) is 15.1. The lowest BCUT2D eigenvalue weighted by Gasteiger charge is -2.14. The van der Waals surface area contributed by atoms with Crippen molar-refractivity contribution in [1.29, 1.82) is 0 Å². The van der Waals surface area contributed by atoms with Gasteiger partial charge in [-0.15, -0.1) is 0 Å². The maximum absolute atomic E-state index is 10.3. The molecule has 0 aliphatic carbocycles. The van der Waals surface area contributed by atoms with Crippen LogP contribution in [-0.4, -0.2) is 49.5 Å². The summed E-state index contributed by atoms with van der Waals surface area (Å²) in [7, 11) is 0.355. The molecule has 4 nitrogen and oxygen atoms in total. The maximum atomic E-state index is 10.3. The van der Waals surface area contributed by atoms with Gasteiger partial charge in [0.25, 0.3) is 0 Å². The van der Waals surface area contributed by atoms with Crippen molar-refractivity contribution in [2.75, 3.05) is 26.4 Å². The Labute approximate surface area is 82.3 Å². The minimum absolute atomic E-state index is 0.0491. The SMILES string of the molecule is CN(C)CC(S)CSS(=O)(=O)O. The van der Waals surface area contributed by atoms with Gasteiger partial charge in [-0.1, -0.05) is 0 Å². The molecule has 0 heterocycles. The highest BCUT2D eigenvalue weighted by molar-refractivity contribution is 8.70. The second kappa shape index (κ2) is 5.33. The van der Waals surface area contributed by atoms with Crippen LogP contribution in [0.15, 0.2) is 0 Å². The first kappa shape index (κ1) is 12.6. The van der Waals surface area contributed by atoms with Gasteiger partial charge >= 0.3 is 9.15 Å². The zero-order chi connectivity index (χ0) is 9.78. The Morgan fingerprint density at radius 3 is 2.42 bits per heavy atom. The van der Waals surface area contributed by atoms with E-state index in [0.29, 0.717) is 23.1 Å². The summed E-state index contributed by atoms with van der Waals surface area (Å²) in [6, 6.07) is 0. The molecule has 0 radical (unpaired) electrons. The smallest absolute Gasteiger partial charge is 0.308 e. The van der Waals surface area contributed by atoms with E-state index < -0.39 is 9.15 Å². The molecule has 0 saturated carbocycles. The third-order valence-electron chi connectivity index (χ3n) is 0.985. The third-order valence-corrected chi connectivity index (χ3v) is 3.72. The van der Waals surface area contributed by atoms with Crippen molar-refractivity contribution in [2.45, 2.75) is 5.25 Å². The molecule has 0 amide bonds. The lowest BCUT2D eigenvalue weighted by atomic mass is 10.4. The van der Waals surface area contributed by atoms with E-state index in [2.05, 4.69) is 12.6 Å². The second-order valence-electron chi connectivity index (χ2n) is 2.63. The monoisotopic (exact) mass is 231 g/mol. The van der Waals surface area contributed by atoms with Gasteiger partial charge in [0.05, 0.1) is 0 Å². The van der Waals surface area contributed by atoms with E-state index in [9.17, 15) is 8.42 Å². The van der Waals surface area contributed by atoms with E-state index in [1.165, 1.54) is 0 Å². The van der Waals surface area contributed by atoms with Crippen molar-refractivity contribution in [3.05, 3.63) is 0 Å². The summed E-state index contributed by atoms with van der Waals surface area (Å²) in [4.78, 5) is 1.90. The fourth-order valence-corrected chi connectivity index (χ4v) is 2.93. The van der Waals surface area contributed by atoms with Crippen LogP contribution in [0, 0.1) is 0 Å². The number of hydrogen-bond donors (Lipinski definition) is 2. The van der Waals surface area contributed by atoms with Gasteiger partial charge in [-0.25, -0.2) is 0 Å². The van der Waals surface area contributed by atoms with E-state index in [-0.39, 0.29) is 5.25 Å². The van der Waals surface area contributed by atoms with Crippen LogP contribution >= 0.6 is 23.4 Å². The average Bonchev–Trinajstić information content (AvgIpc) is 1.80. The summed E-state index contributed by atoms with van der Waals surface area (Å²) in [5.41, 5.74) is 0. The molecule has 0 aliphatic heterocycles. The molecule has 0 aromatic carbocycles. The van der Waals surface area contributed by atoms with E-state index >= 15 is 0 Å². The quantitative estimate of drug-likeness (QED) is 0.407. The predicted molar refractivity (Wildman–Crippen MR) is 55.3 cm³/mol. The average molecular weight is 231 g/mol. The Morgan fingerprint density at radius 1 is 1.58 bits per heavy atom. The molecule has 0 fully saturated rings. The van der Waals surface area contributed by atoms with Crippen LogP contribution in [0.2, 0.25) is 0 Å². The van der Waals surface area contributed by atoms with Gasteiger partial charge in [-0.3, -0.25) is 4.55 Å². The third kappa shape index (κ3) is 8.66. The van der Waals surface area contributed by atoms with E-state index in [4.69, 9.17) is 4.55 Å². The van der Waals surface area contributed by atoms with Crippen LogP contribution in [0.4, 0.5) is 0 Å². The van der Waals surface area contributed by atoms with Gasteiger partial charge in [0.15, 0.2) is 0 Å². The van der Waals surface area contributed by atoms with E-state index in [1.807, 2.05) is 19.0 Å². The summed E-state index contributed by atoms with van der Waals surface area (Å²) < 4.78 is 29.0. The van der Waals surface area contributed by atoms with E-state index in [1.54, 1.807) is 0 Å². The number of rotatable bonds is 5. The predicted octanol–water partition coefficient (Wildman–Crippen LogP) is 0.382. The molecule has 0 aromatic heterocycles. The van der Waals surface area contributed by atoms with Gasteiger partial charge in [0.2, 0.25) is 0 Å². The van der Waals surface area contributed by atoms with Crippen LogP contribution in [0.5, 0.6) is 0 Å². The topological polar surface area (TPSA) is 57.6 Å². The first-order valence-electron chi connectivity index (χ1n) is 3.26. The highest BCUT2D eigenvalue weighted by atomic mass is 33.1. The first-order chi connectivity index (χ1) is 5.31. The lowest BCUT2D eigenvalue weighted by molar-refractivity contribution is 0.415. The van der Waals surface area contributed by atoms with Gasteiger partial charge in [0, 0.05) is 17.5 Å². The fraction of sp³-hybridized carbons (Fsp3) is 1.00. The van der Waals surface area contributed by atoms with Gasteiger partial charge in [-0.05, 0) is 24.9 Å². The molecule has 0 rings (SSSR count). The van der Waals surface area contributed by atoms with Crippen LogP contribution < -0.4 is 0 Å². The number of thiol groups is 1. The van der Waals surface area contributed by atoms with Crippen molar-refractivity contribution >= 4 is 32.6 Å². The van der Waals surface area contributed by atoms with Crippen molar-refractivity contribution in [3.8, 4) is 0 Å². The Balaban J connectivity index is 3.65. The summed E-state index contributed by atoms with van der Waals surface area (Å²) in [6.45, 7) is 0.686. The van der Waals surface area contributed by atoms with Crippen molar-refractivity contribution in [3.63, 3.8) is 0 Å². The standard InChI is InChI=1S/C5H13NO3S3/c1-6(2)3-5(10)4-11-12(7,8)9/h5,10H,3-4H2,1-2H3,(H,7,8,9). The molecule has 0 spiro atoms. The Hall–Kier alpha value is 0.570. The first-order valence-corrected chi connectivity index (χ1v) is 6.72. The van der Waals surface area contributed by atoms with Gasteiger partial charge < -0.3 is 4.90 Å². The van der Waals surface area contributed by atoms with Crippen LogP contribution in [-0.2, 0) is 9.15 Å². The van der Waals surface area contributed by atoms with E-state index in [0.717, 1.165) is 0 Å². The van der Waals surface area contributed by atoms with Gasteiger partial charge in [0.1, 0.15) is 0 Å². The molecule has 0 saturated heterocycles. The number of nitrogens with zero attached hydrogens (tertiary/aromatic N) is 1. The second-order valence-corrected chi connectivity index (χ2v) is 6.75. The highest BCUT2D eigenvalue weighted by Gasteiger charge is 2.10. The largest absolute Gasteiger partial charge is 0.319 e. The fourth-order valence-electron chi connectivity index (χ4n) is 0.639. The summed E-state index contributed by atoms with van der Waals surface area (Å²) in [5.74, 6) is 0.292. The molecule has 7 heteroatoms. The molecule has 12 heavy (non-hydrogen) atoms. The minimum Gasteiger partial charge on any atom is -0.308 e. The minimum atomic E-state index is -3.91. The Morgan fingerprint density at radius 2 is 2.08 bits per heavy atom. The van der Waals surface area contributed by atoms with Crippen LogP contribution in [0.25, 0.3) is 0 Å². The molecular weight excluding hydrogens is 218 g/mol. The van der Waals surface area contributed by atoms with Crippen molar-refractivity contribution in [1.82, 2.24) is 4.90 Å². The molecule has 0 aliphatic rings. The number of hydrogen-bond acceptors (Lipinski definition) is 5. The molecule has 0 bridgehead atoms.